The fourth-order valence-corrected chi connectivity index (χ4v) is 3.89. The largest absolute Gasteiger partial charge is 0.467 e. The lowest BCUT2D eigenvalue weighted by Crippen LogP contribution is -2.31. The average Bonchev–Trinajstić information content (AvgIpc) is 3.18. The third-order valence-corrected chi connectivity index (χ3v) is 5.70. The Balaban J connectivity index is 1.83. The average molecular weight is 407 g/mol. The van der Waals surface area contributed by atoms with Gasteiger partial charge in [0.15, 0.2) is 9.84 Å². The van der Waals surface area contributed by atoms with Crippen LogP contribution in [0.4, 0.5) is 0 Å². The molecule has 0 radical (unpaired) electrons. The molecule has 28 heavy (non-hydrogen) atoms. The molecule has 2 amide bonds. The predicted octanol–water partition coefficient (Wildman–Crippen LogP) is 2.43. The number of hydrogen-bond donors (Lipinski definition) is 2. The summed E-state index contributed by atoms with van der Waals surface area (Å²) in [5, 5.41) is 5.35. The van der Waals surface area contributed by atoms with Crippen molar-refractivity contribution in [1.29, 1.82) is 0 Å². The fraction of sp³-hybridized carbons (Fsp3) is 0.400. The normalized spacial score (nSPS) is 11.2. The van der Waals surface area contributed by atoms with E-state index in [9.17, 15) is 18.0 Å². The van der Waals surface area contributed by atoms with E-state index < -0.39 is 21.5 Å². The van der Waals surface area contributed by atoms with Crippen LogP contribution in [0.25, 0.3) is 0 Å². The zero-order chi connectivity index (χ0) is 20.4. The van der Waals surface area contributed by atoms with Crippen LogP contribution < -0.4 is 10.6 Å². The van der Waals surface area contributed by atoms with Crippen LogP contribution in [0, 0.1) is 0 Å². The molecule has 152 valence electrons. The Kier molecular flexibility index (Phi) is 8.25. The van der Waals surface area contributed by atoms with Crippen molar-refractivity contribution >= 4 is 21.7 Å². The van der Waals surface area contributed by atoms with Crippen molar-refractivity contribution in [3.63, 3.8) is 0 Å². The second-order valence-corrected chi connectivity index (χ2v) is 8.72. The van der Waals surface area contributed by atoms with Crippen molar-refractivity contribution in [3.05, 3.63) is 59.5 Å². The number of amides is 2. The molecule has 0 aliphatic carbocycles. The first-order valence-corrected chi connectivity index (χ1v) is 11.1. The molecule has 0 aliphatic rings. The molecule has 1 aromatic heterocycles. The summed E-state index contributed by atoms with van der Waals surface area (Å²) in [7, 11) is -3.39. The lowest BCUT2D eigenvalue weighted by Gasteiger charge is -2.08. The van der Waals surface area contributed by atoms with Crippen LogP contribution in [0.15, 0.2) is 47.1 Å². The SMILES string of the molecule is CCCCCS(=O)(=O)CC(=O)NCc1cccc(C(=O)NCc2ccco2)c1. The van der Waals surface area contributed by atoms with Gasteiger partial charge in [-0.05, 0) is 36.2 Å². The number of sulfone groups is 1. The molecule has 0 bridgehead atoms. The molecule has 2 N–H and O–H groups in total. The molecule has 8 heteroatoms. The first-order valence-electron chi connectivity index (χ1n) is 9.26. The minimum atomic E-state index is -3.39. The quantitative estimate of drug-likeness (QED) is 0.558. The summed E-state index contributed by atoms with van der Waals surface area (Å²) in [4.78, 5) is 24.2. The minimum Gasteiger partial charge on any atom is -0.467 e. The van der Waals surface area contributed by atoms with Crippen molar-refractivity contribution in [2.45, 2.75) is 39.3 Å². The van der Waals surface area contributed by atoms with Gasteiger partial charge in [-0.2, -0.15) is 0 Å². The number of carbonyl (C=O) groups excluding carboxylic acids is 2. The Labute approximate surface area is 165 Å². The van der Waals surface area contributed by atoms with Crippen LogP contribution in [0.5, 0.6) is 0 Å². The van der Waals surface area contributed by atoms with E-state index >= 15 is 0 Å². The summed E-state index contributed by atoms with van der Waals surface area (Å²) in [6, 6.07) is 10.3. The second kappa shape index (κ2) is 10.7. The van der Waals surface area contributed by atoms with Gasteiger partial charge in [0.1, 0.15) is 11.5 Å². The number of furan rings is 1. The minimum absolute atomic E-state index is 0.0274. The van der Waals surface area contributed by atoms with Crippen LogP contribution in [0.1, 0.15) is 47.9 Å². The van der Waals surface area contributed by atoms with E-state index in [1.165, 1.54) is 6.26 Å². The fourth-order valence-electron chi connectivity index (χ4n) is 2.60. The summed E-state index contributed by atoms with van der Waals surface area (Å²) in [5.41, 5.74) is 1.16. The Morgan fingerprint density at radius 1 is 1.04 bits per heavy atom. The van der Waals surface area contributed by atoms with Gasteiger partial charge < -0.3 is 15.1 Å². The molecule has 0 saturated heterocycles. The molecule has 0 saturated carbocycles. The number of unbranched alkanes of at least 4 members (excludes halogenated alkanes) is 2. The van der Waals surface area contributed by atoms with Gasteiger partial charge in [-0.15, -0.1) is 0 Å². The molecule has 0 atom stereocenters. The van der Waals surface area contributed by atoms with E-state index in [1.807, 2.05) is 6.92 Å². The maximum atomic E-state index is 12.2. The Morgan fingerprint density at radius 2 is 1.86 bits per heavy atom. The molecule has 0 unspecified atom stereocenters. The van der Waals surface area contributed by atoms with Gasteiger partial charge in [-0.1, -0.05) is 31.9 Å². The Hall–Kier alpha value is -2.61. The first-order chi connectivity index (χ1) is 13.4. The summed E-state index contributed by atoms with van der Waals surface area (Å²) >= 11 is 0. The van der Waals surface area contributed by atoms with Gasteiger partial charge in [0.2, 0.25) is 5.91 Å². The summed E-state index contributed by atoms with van der Waals surface area (Å²) in [5.74, 6) is -0.635. The number of benzene rings is 1. The molecule has 2 rings (SSSR count). The summed E-state index contributed by atoms with van der Waals surface area (Å²) in [6.45, 7) is 2.43. The Morgan fingerprint density at radius 3 is 2.57 bits per heavy atom. The van der Waals surface area contributed by atoms with E-state index in [2.05, 4.69) is 10.6 Å². The lowest BCUT2D eigenvalue weighted by atomic mass is 10.1. The van der Waals surface area contributed by atoms with Crippen LogP contribution in [0.3, 0.4) is 0 Å². The van der Waals surface area contributed by atoms with Crippen molar-refractivity contribution < 1.29 is 22.4 Å². The highest BCUT2D eigenvalue weighted by molar-refractivity contribution is 7.92. The van der Waals surface area contributed by atoms with Crippen molar-refractivity contribution in [2.75, 3.05) is 11.5 Å². The van der Waals surface area contributed by atoms with Crippen LogP contribution in [0.2, 0.25) is 0 Å². The molecule has 0 aliphatic heterocycles. The number of rotatable bonds is 11. The second-order valence-electron chi connectivity index (χ2n) is 6.54. The van der Waals surface area contributed by atoms with Gasteiger partial charge >= 0.3 is 0 Å². The van der Waals surface area contributed by atoms with Gasteiger partial charge in [-0.3, -0.25) is 9.59 Å². The predicted molar refractivity (Wildman–Crippen MR) is 106 cm³/mol. The van der Waals surface area contributed by atoms with Crippen LogP contribution in [-0.2, 0) is 27.7 Å². The molecule has 0 spiro atoms. The molecular formula is C20H26N2O5S. The molecule has 7 nitrogen and oxygen atoms in total. The zero-order valence-corrected chi connectivity index (χ0v) is 16.8. The molecular weight excluding hydrogens is 380 g/mol. The summed E-state index contributed by atoms with van der Waals surface area (Å²) in [6.07, 6.45) is 3.86. The van der Waals surface area contributed by atoms with Gasteiger partial charge in [0, 0.05) is 12.1 Å². The van der Waals surface area contributed by atoms with E-state index in [-0.39, 0.29) is 24.7 Å². The lowest BCUT2D eigenvalue weighted by molar-refractivity contribution is -0.118. The first kappa shape index (κ1) is 21.7. The maximum absolute atomic E-state index is 12.2. The highest BCUT2D eigenvalue weighted by Crippen LogP contribution is 2.07. The smallest absolute Gasteiger partial charge is 0.251 e. The van der Waals surface area contributed by atoms with Gasteiger partial charge in [-0.25, -0.2) is 8.42 Å². The van der Waals surface area contributed by atoms with E-state index in [1.54, 1.807) is 36.4 Å². The van der Waals surface area contributed by atoms with E-state index in [4.69, 9.17) is 4.42 Å². The Bertz CT molecular complexity index is 876. The number of carbonyl (C=O) groups is 2. The molecule has 1 heterocycles. The molecule has 0 fully saturated rings. The van der Waals surface area contributed by atoms with Crippen molar-refractivity contribution in [1.82, 2.24) is 10.6 Å². The number of hydrogen-bond acceptors (Lipinski definition) is 5. The van der Waals surface area contributed by atoms with Crippen LogP contribution in [-0.4, -0.2) is 31.7 Å². The van der Waals surface area contributed by atoms with Gasteiger partial charge in [0.05, 0.1) is 18.6 Å². The van der Waals surface area contributed by atoms with E-state index in [0.29, 0.717) is 23.3 Å². The molecule has 1 aromatic carbocycles. The van der Waals surface area contributed by atoms with Crippen molar-refractivity contribution in [2.24, 2.45) is 0 Å². The van der Waals surface area contributed by atoms with Gasteiger partial charge in [0.25, 0.3) is 5.91 Å². The third-order valence-electron chi connectivity index (χ3n) is 4.09. The standard InChI is InChI=1S/C20H26N2O5S/c1-2-3-4-11-28(25,26)15-19(23)21-13-16-7-5-8-17(12-16)20(24)22-14-18-9-6-10-27-18/h5-10,12H,2-4,11,13-15H2,1H3,(H,21,23)(H,22,24). The highest BCUT2D eigenvalue weighted by Gasteiger charge is 2.16. The van der Waals surface area contributed by atoms with Crippen LogP contribution >= 0.6 is 0 Å². The third kappa shape index (κ3) is 7.56. The van der Waals surface area contributed by atoms with Crippen molar-refractivity contribution in [3.8, 4) is 0 Å². The molecule has 2 aromatic rings. The zero-order valence-electron chi connectivity index (χ0n) is 15.9. The topological polar surface area (TPSA) is 105 Å². The monoisotopic (exact) mass is 406 g/mol. The summed E-state index contributed by atoms with van der Waals surface area (Å²) < 4.78 is 29.0. The number of nitrogens with one attached hydrogen (secondary N) is 2. The maximum Gasteiger partial charge on any atom is 0.251 e. The van der Waals surface area contributed by atoms with E-state index in [0.717, 1.165) is 12.8 Å². The highest BCUT2D eigenvalue weighted by atomic mass is 32.2.